The number of benzene rings is 3. The van der Waals surface area contributed by atoms with Gasteiger partial charge in [0.25, 0.3) is 11.8 Å². The summed E-state index contributed by atoms with van der Waals surface area (Å²) in [4.78, 5) is 52.4. The van der Waals surface area contributed by atoms with Gasteiger partial charge in [0.1, 0.15) is 0 Å². The second kappa shape index (κ2) is 20.1. The summed E-state index contributed by atoms with van der Waals surface area (Å²) in [5.74, 6) is -2.93. The summed E-state index contributed by atoms with van der Waals surface area (Å²) in [6, 6.07) is 18.1. The van der Waals surface area contributed by atoms with Crippen molar-refractivity contribution in [1.29, 1.82) is 0 Å². The molecule has 2 aliphatic rings. The summed E-state index contributed by atoms with van der Waals surface area (Å²) < 4.78 is 39.2. The van der Waals surface area contributed by atoms with E-state index in [1.807, 2.05) is 11.0 Å². The second-order valence-electron chi connectivity index (χ2n) is 16.1. The Bertz CT molecular complexity index is 2370. The molecule has 7 rings (SSSR count). The number of hydrogen-bond acceptors (Lipinski definition) is 7. The maximum absolute atomic E-state index is 15.6. The number of anilines is 1. The summed E-state index contributed by atoms with van der Waals surface area (Å²) in [5, 5.41) is 7.27. The number of carbonyl (C=O) groups excluding carboxylic acids is 3. The van der Waals surface area contributed by atoms with Crippen LogP contribution in [0.4, 0.5) is 14.5 Å². The van der Waals surface area contributed by atoms with Crippen molar-refractivity contribution in [2.45, 2.75) is 39.8 Å². The van der Waals surface area contributed by atoms with Crippen LogP contribution in [0, 0.1) is 24.5 Å². The van der Waals surface area contributed by atoms with Crippen molar-refractivity contribution < 1.29 is 32.8 Å². The number of ether oxygens (including phenoxy) is 1. The van der Waals surface area contributed by atoms with Crippen molar-refractivity contribution in [3.05, 3.63) is 112 Å². The van der Waals surface area contributed by atoms with Gasteiger partial charge in [-0.25, -0.2) is 13.8 Å². The molecule has 0 spiro atoms. The fraction of sp³-hybridized carbons (Fsp3) is 0.413. The Kier molecular flexibility index (Phi) is 14.5. The van der Waals surface area contributed by atoms with E-state index in [-0.39, 0.29) is 51.0 Å². The smallest absolute Gasteiger partial charge is 0.291 e. The number of hydrogen-bond donors (Lipinski definition) is 2. The van der Waals surface area contributed by atoms with E-state index in [4.69, 9.17) is 16.3 Å². The highest BCUT2D eigenvalue weighted by Gasteiger charge is 2.31. The number of aromatic nitrogens is 4. The van der Waals surface area contributed by atoms with Crippen molar-refractivity contribution in [2.75, 3.05) is 77.9 Å². The predicted octanol–water partition coefficient (Wildman–Crippen LogP) is 5.19. The number of aryl methyl sites for hydroxylation is 1. The molecule has 5 aromatic rings. The zero-order valence-electron chi connectivity index (χ0n) is 35.8. The molecule has 0 saturated carbocycles. The molecule has 0 radical (unpaired) electrons. The van der Waals surface area contributed by atoms with Crippen molar-refractivity contribution >= 4 is 35.0 Å². The number of nitrogens with zero attached hydrogens (tertiary/aromatic N) is 7. The van der Waals surface area contributed by atoms with Gasteiger partial charge in [0.15, 0.2) is 17.5 Å². The monoisotopic (exact) mass is 870 g/mol. The van der Waals surface area contributed by atoms with Crippen LogP contribution in [-0.4, -0.2) is 124 Å². The summed E-state index contributed by atoms with van der Waals surface area (Å²) in [7, 11) is 3.11. The number of quaternary nitrogens is 1. The zero-order chi connectivity index (χ0) is 43.9. The first-order valence-electron chi connectivity index (χ1n) is 21.3. The second-order valence-corrected chi connectivity index (χ2v) is 16.5. The molecule has 1 unspecified atom stereocenters. The minimum Gasteiger partial charge on any atom is -0.383 e. The van der Waals surface area contributed by atoms with Crippen molar-refractivity contribution in [3.63, 3.8) is 0 Å². The summed E-state index contributed by atoms with van der Waals surface area (Å²) in [5.41, 5.74) is 3.14. The Morgan fingerprint density at radius 2 is 1.61 bits per heavy atom. The van der Waals surface area contributed by atoms with Crippen LogP contribution in [0.2, 0.25) is 5.02 Å². The molecular formula is C46H55ClF2N9O4+. The van der Waals surface area contributed by atoms with Crippen LogP contribution in [0.5, 0.6) is 0 Å². The molecule has 2 saturated heterocycles. The number of rotatable bonds is 15. The molecule has 0 aliphatic carbocycles. The number of methoxy groups -OCH3 is 1. The van der Waals surface area contributed by atoms with Gasteiger partial charge in [-0.15, -0.1) is 0 Å². The third-order valence-corrected chi connectivity index (χ3v) is 12.5. The Labute approximate surface area is 366 Å². The Balaban J connectivity index is 0.900. The van der Waals surface area contributed by atoms with Crippen LogP contribution in [0.25, 0.3) is 22.4 Å². The molecule has 2 fully saturated rings. The first-order valence-corrected chi connectivity index (χ1v) is 21.7. The predicted molar refractivity (Wildman–Crippen MR) is 234 cm³/mol. The van der Waals surface area contributed by atoms with Gasteiger partial charge < -0.3 is 29.3 Å². The molecule has 0 bridgehead atoms. The largest absolute Gasteiger partial charge is 0.383 e. The van der Waals surface area contributed by atoms with Gasteiger partial charge in [-0.1, -0.05) is 54.9 Å². The highest BCUT2D eigenvalue weighted by Crippen LogP contribution is 2.33. The van der Waals surface area contributed by atoms with E-state index in [2.05, 4.69) is 51.5 Å². The number of imidazole rings is 1. The maximum Gasteiger partial charge on any atom is 0.291 e. The van der Waals surface area contributed by atoms with Gasteiger partial charge in [-0.3, -0.25) is 24.0 Å². The quantitative estimate of drug-likeness (QED) is 0.149. The van der Waals surface area contributed by atoms with Gasteiger partial charge in [0.05, 0.1) is 61.0 Å². The lowest BCUT2D eigenvalue weighted by atomic mass is 9.99. The topological polar surface area (TPSA) is 122 Å². The lowest BCUT2D eigenvalue weighted by Gasteiger charge is -2.37. The summed E-state index contributed by atoms with van der Waals surface area (Å²) >= 11 is 6.62. The molecule has 3 amide bonds. The standard InChI is InChI=1S/C46H54ClF2N9O4/c1-5-33(15-16-54-17-19-55(20-18-54)29-32-9-7-6-8-10-32)45(60)56-21-23-57(24-22-56)46(61)36-12-11-34(27-39(36)47)51-44(59)43-50-28-40(53(43)3)37-14-13-35(41(48)42(37)49)38-30-58(25-26-62-4)52-31(38)2/h6-14,27-28,30,33H,5,15-26,29H2,1-4H3,(H,51,59)/p+1. The van der Waals surface area contributed by atoms with Gasteiger partial charge in [-0.05, 0) is 43.2 Å². The Morgan fingerprint density at radius 1 is 0.919 bits per heavy atom. The molecule has 2 N–H and O–H groups in total. The van der Waals surface area contributed by atoms with Crippen LogP contribution in [0.3, 0.4) is 0 Å². The molecule has 16 heteroatoms. The van der Waals surface area contributed by atoms with Crippen molar-refractivity contribution in [3.8, 4) is 22.4 Å². The molecule has 13 nitrogen and oxygen atoms in total. The molecular weight excluding hydrogens is 816 g/mol. The molecule has 328 valence electrons. The number of amides is 3. The zero-order valence-corrected chi connectivity index (χ0v) is 36.6. The van der Waals surface area contributed by atoms with E-state index < -0.39 is 17.5 Å². The number of nitrogens with one attached hydrogen (secondary N) is 2. The minimum atomic E-state index is -1.08. The third-order valence-electron chi connectivity index (χ3n) is 12.1. The van der Waals surface area contributed by atoms with Crippen molar-refractivity contribution in [1.82, 2.24) is 34.0 Å². The Hall–Kier alpha value is -5.48. The summed E-state index contributed by atoms with van der Waals surface area (Å²) in [6.07, 6.45) is 4.59. The van der Waals surface area contributed by atoms with E-state index >= 15 is 8.78 Å². The normalized spacial score (nSPS) is 15.5. The van der Waals surface area contributed by atoms with Gasteiger partial charge in [0.2, 0.25) is 5.91 Å². The highest BCUT2D eigenvalue weighted by atomic mass is 35.5. The lowest BCUT2D eigenvalue weighted by molar-refractivity contribution is -0.905. The minimum absolute atomic E-state index is 0.0455. The number of carbonyl (C=O) groups is 3. The Morgan fingerprint density at radius 3 is 2.31 bits per heavy atom. The molecule has 1 atom stereocenters. The van der Waals surface area contributed by atoms with E-state index in [0.717, 1.165) is 52.1 Å². The van der Waals surface area contributed by atoms with E-state index in [9.17, 15) is 14.4 Å². The average molecular weight is 871 g/mol. The first-order chi connectivity index (χ1) is 29.9. The van der Waals surface area contributed by atoms with E-state index in [1.165, 1.54) is 41.6 Å². The fourth-order valence-electron chi connectivity index (χ4n) is 8.42. The van der Waals surface area contributed by atoms with Gasteiger partial charge >= 0.3 is 0 Å². The fourth-order valence-corrected chi connectivity index (χ4v) is 8.68. The van der Waals surface area contributed by atoms with Gasteiger partial charge in [-0.2, -0.15) is 5.10 Å². The van der Waals surface area contributed by atoms with Crippen LogP contribution >= 0.6 is 11.6 Å². The maximum atomic E-state index is 15.6. The summed E-state index contributed by atoms with van der Waals surface area (Å²) in [6.45, 7) is 12.6. The SMILES string of the molecule is CCC(CC[NH+]1CCN(Cc2ccccc2)CC1)C(=O)N1CCN(C(=O)c2ccc(NC(=O)c3ncc(-c4ccc(-c5cn(CCOC)nc5C)c(F)c4F)n3C)cc2Cl)CC1. The third kappa shape index (κ3) is 10.1. The lowest BCUT2D eigenvalue weighted by Crippen LogP contribution is -3.14. The van der Waals surface area contributed by atoms with E-state index in [1.54, 1.807) is 46.8 Å². The van der Waals surface area contributed by atoms with Gasteiger partial charge in [0, 0.05) is 101 Å². The molecule has 2 aromatic heterocycles. The molecule has 62 heavy (non-hydrogen) atoms. The molecule has 4 heterocycles. The first kappa shape index (κ1) is 44.6. The van der Waals surface area contributed by atoms with E-state index in [0.29, 0.717) is 56.3 Å². The van der Waals surface area contributed by atoms with Crippen LogP contribution < -0.4 is 10.2 Å². The molecule has 3 aromatic carbocycles. The van der Waals surface area contributed by atoms with Crippen LogP contribution in [-0.2, 0) is 29.7 Å². The number of halogens is 3. The number of piperazine rings is 2. The van der Waals surface area contributed by atoms with Crippen LogP contribution in [0.15, 0.2) is 73.1 Å². The molecule has 2 aliphatic heterocycles. The average Bonchev–Trinajstić information content (AvgIpc) is 3.85. The highest BCUT2D eigenvalue weighted by molar-refractivity contribution is 6.34. The van der Waals surface area contributed by atoms with Crippen LogP contribution in [0.1, 0.15) is 52.0 Å². The van der Waals surface area contributed by atoms with Crippen molar-refractivity contribution in [2.24, 2.45) is 13.0 Å².